The summed E-state index contributed by atoms with van der Waals surface area (Å²) in [6, 6.07) is 0. The monoisotopic (exact) mass is 276 g/mol. The third kappa shape index (κ3) is 2.38. The van der Waals surface area contributed by atoms with Crippen LogP contribution in [0.4, 0.5) is 0 Å². The van der Waals surface area contributed by atoms with Gasteiger partial charge in [-0.1, -0.05) is 0 Å². The van der Waals surface area contributed by atoms with Crippen molar-refractivity contribution in [2.75, 3.05) is 0 Å². The summed E-state index contributed by atoms with van der Waals surface area (Å²) in [5, 5.41) is 0. The molecule has 1 unspecified atom stereocenters. The summed E-state index contributed by atoms with van der Waals surface area (Å²) in [6.45, 7) is 11.7. The fourth-order valence-corrected chi connectivity index (χ4v) is 6.88. The van der Waals surface area contributed by atoms with Crippen LogP contribution in [0.25, 0.3) is 0 Å². The SMILES string of the molecule is CCC[C]1([Ti][C]2(C)C=C(C)C(C)=C2C)C=CC=C1. The zero-order valence-corrected chi connectivity index (χ0v) is 13.9. The molecule has 1 heteroatoms. The van der Waals surface area contributed by atoms with Gasteiger partial charge in [0.05, 0.1) is 0 Å². The molecule has 0 nitrogen and oxygen atoms in total. The first-order valence-corrected chi connectivity index (χ1v) is 8.53. The Balaban J connectivity index is 2.29. The van der Waals surface area contributed by atoms with Gasteiger partial charge in [-0.2, -0.15) is 0 Å². The zero-order chi connectivity index (χ0) is 13.4. The average molecular weight is 276 g/mol. The molecule has 2 aliphatic carbocycles. The van der Waals surface area contributed by atoms with Gasteiger partial charge in [-0.15, -0.1) is 0 Å². The molecule has 0 heterocycles. The molecular weight excluding hydrogens is 252 g/mol. The zero-order valence-electron chi connectivity index (χ0n) is 12.3. The normalized spacial score (nSPS) is 29.1. The van der Waals surface area contributed by atoms with Crippen LogP contribution in [0.3, 0.4) is 0 Å². The molecule has 0 radical (unpaired) electrons. The summed E-state index contributed by atoms with van der Waals surface area (Å²) >= 11 is -0.121. The predicted molar refractivity (Wildman–Crippen MR) is 76.4 cm³/mol. The van der Waals surface area contributed by atoms with Gasteiger partial charge in [-0.3, -0.25) is 0 Å². The molecule has 96 valence electrons. The van der Waals surface area contributed by atoms with E-state index in [4.69, 9.17) is 0 Å². The van der Waals surface area contributed by atoms with Crippen LogP contribution in [-0.4, -0.2) is 0 Å². The van der Waals surface area contributed by atoms with Gasteiger partial charge >= 0.3 is 121 Å². The Kier molecular flexibility index (Phi) is 3.90. The molecule has 0 aromatic carbocycles. The van der Waals surface area contributed by atoms with Crippen molar-refractivity contribution in [3.05, 3.63) is 47.1 Å². The molecule has 0 aromatic rings. The van der Waals surface area contributed by atoms with Crippen molar-refractivity contribution in [1.82, 2.24) is 0 Å². The van der Waals surface area contributed by atoms with E-state index < -0.39 is 0 Å². The van der Waals surface area contributed by atoms with Crippen molar-refractivity contribution >= 4 is 0 Å². The van der Waals surface area contributed by atoms with Crippen LogP contribution in [0.5, 0.6) is 0 Å². The molecule has 0 spiro atoms. The van der Waals surface area contributed by atoms with Crippen LogP contribution in [-0.2, 0) is 19.2 Å². The van der Waals surface area contributed by atoms with E-state index in [1.54, 1.807) is 5.57 Å². The standard InChI is InChI=1S/C9H13.C8H11.Ti/c1-6-5-7(2)9(4)8(6)3;1-2-5-8-6-3-4-7-8;/h5H,1-4H3;3-4,6-7H,2,5H2,1H3;. The maximum atomic E-state index is 2.54. The van der Waals surface area contributed by atoms with Crippen molar-refractivity contribution in [2.24, 2.45) is 0 Å². The van der Waals surface area contributed by atoms with Gasteiger partial charge in [-0.05, 0) is 0 Å². The Bertz CT molecular complexity index is 450. The molecule has 0 fully saturated rings. The summed E-state index contributed by atoms with van der Waals surface area (Å²) in [5.74, 6) is 0. The van der Waals surface area contributed by atoms with Crippen molar-refractivity contribution in [1.29, 1.82) is 0 Å². The second-order valence-electron chi connectivity index (χ2n) is 5.91. The van der Waals surface area contributed by atoms with Gasteiger partial charge in [0.25, 0.3) is 0 Å². The minimum atomic E-state index is -0.121. The fourth-order valence-electron chi connectivity index (χ4n) is 3.18. The number of rotatable bonds is 4. The molecule has 0 saturated carbocycles. The Labute approximate surface area is 121 Å². The van der Waals surface area contributed by atoms with Crippen LogP contribution in [0, 0.1) is 0 Å². The van der Waals surface area contributed by atoms with Gasteiger partial charge in [0, 0.05) is 0 Å². The molecule has 18 heavy (non-hydrogen) atoms. The Hall–Kier alpha value is -0.326. The second-order valence-corrected chi connectivity index (χ2v) is 9.38. The minimum absolute atomic E-state index is 0.121. The second kappa shape index (κ2) is 4.98. The topological polar surface area (TPSA) is 0 Å². The molecule has 0 amide bonds. The average Bonchev–Trinajstić information content (AvgIpc) is 2.81. The summed E-state index contributed by atoms with van der Waals surface area (Å²) in [6.07, 6.45) is 14.6. The summed E-state index contributed by atoms with van der Waals surface area (Å²) in [7, 11) is 0. The van der Waals surface area contributed by atoms with Crippen LogP contribution in [0.2, 0.25) is 7.44 Å². The first kappa shape index (κ1) is 14.1. The van der Waals surface area contributed by atoms with Gasteiger partial charge in [0.2, 0.25) is 0 Å². The summed E-state index contributed by atoms with van der Waals surface area (Å²) in [4.78, 5) is 0. The van der Waals surface area contributed by atoms with E-state index in [1.807, 2.05) is 0 Å². The Morgan fingerprint density at radius 2 is 1.72 bits per heavy atom. The molecular formula is C17H24Ti. The van der Waals surface area contributed by atoms with Crippen molar-refractivity contribution in [2.45, 2.75) is 54.9 Å². The number of allylic oxidation sites excluding steroid dienone is 8. The molecule has 0 aliphatic heterocycles. The quantitative estimate of drug-likeness (QED) is 0.584. The van der Waals surface area contributed by atoms with Crippen molar-refractivity contribution in [3.63, 3.8) is 0 Å². The molecule has 0 aromatic heterocycles. The van der Waals surface area contributed by atoms with Crippen LogP contribution < -0.4 is 0 Å². The van der Waals surface area contributed by atoms with Gasteiger partial charge in [-0.25, -0.2) is 0 Å². The van der Waals surface area contributed by atoms with E-state index in [9.17, 15) is 0 Å². The fraction of sp³-hybridized carbons (Fsp3) is 0.529. The maximum absolute atomic E-state index is 2.54. The van der Waals surface area contributed by atoms with Crippen LogP contribution in [0.15, 0.2) is 47.1 Å². The Morgan fingerprint density at radius 1 is 1.11 bits per heavy atom. The number of hydrogen-bond donors (Lipinski definition) is 0. The first-order valence-electron chi connectivity index (χ1n) is 6.97. The van der Waals surface area contributed by atoms with E-state index in [0.717, 1.165) is 0 Å². The van der Waals surface area contributed by atoms with E-state index in [1.165, 1.54) is 24.0 Å². The van der Waals surface area contributed by atoms with Crippen LogP contribution >= 0.6 is 0 Å². The molecule has 1 atom stereocenters. The van der Waals surface area contributed by atoms with E-state index >= 15 is 0 Å². The summed E-state index contributed by atoms with van der Waals surface area (Å²) in [5.41, 5.74) is 4.64. The molecule has 0 N–H and O–H groups in total. The van der Waals surface area contributed by atoms with Crippen LogP contribution in [0.1, 0.15) is 47.5 Å². The van der Waals surface area contributed by atoms with Crippen molar-refractivity contribution < 1.29 is 19.2 Å². The van der Waals surface area contributed by atoms with Gasteiger partial charge in [0.15, 0.2) is 0 Å². The third-order valence-electron chi connectivity index (χ3n) is 4.49. The van der Waals surface area contributed by atoms with E-state index in [-0.39, 0.29) is 19.2 Å². The molecule has 0 bridgehead atoms. The molecule has 2 aliphatic rings. The first-order chi connectivity index (χ1) is 8.42. The van der Waals surface area contributed by atoms with E-state index in [2.05, 4.69) is 65.0 Å². The van der Waals surface area contributed by atoms with E-state index in [0.29, 0.717) is 7.44 Å². The number of hydrogen-bond acceptors (Lipinski definition) is 0. The molecule has 0 saturated heterocycles. The predicted octanol–water partition coefficient (Wildman–Crippen LogP) is 5.63. The van der Waals surface area contributed by atoms with Gasteiger partial charge in [0.1, 0.15) is 0 Å². The third-order valence-corrected chi connectivity index (χ3v) is 7.75. The Morgan fingerprint density at radius 3 is 2.17 bits per heavy atom. The van der Waals surface area contributed by atoms with Crippen molar-refractivity contribution in [3.8, 4) is 0 Å². The van der Waals surface area contributed by atoms with Gasteiger partial charge < -0.3 is 0 Å². The molecule has 2 rings (SSSR count). The summed E-state index contributed by atoms with van der Waals surface area (Å²) < 4.78 is 0.772.